The van der Waals surface area contributed by atoms with Gasteiger partial charge >= 0.3 is 12.2 Å². The summed E-state index contributed by atoms with van der Waals surface area (Å²) in [4.78, 5) is 28.2. The summed E-state index contributed by atoms with van der Waals surface area (Å²) in [5, 5.41) is 13.1. The Morgan fingerprint density at radius 3 is 2.35 bits per heavy atom. The lowest BCUT2D eigenvalue weighted by Gasteiger charge is -2.28. The van der Waals surface area contributed by atoms with Crippen LogP contribution in [0.25, 0.3) is 0 Å². The van der Waals surface area contributed by atoms with E-state index in [2.05, 4.69) is 5.32 Å². The molecule has 0 aliphatic carbocycles. The number of rotatable bonds is 4. The van der Waals surface area contributed by atoms with Gasteiger partial charge in [0.25, 0.3) is 0 Å². The van der Waals surface area contributed by atoms with Crippen LogP contribution in [0.1, 0.15) is 17.5 Å². The Morgan fingerprint density at radius 1 is 1.16 bits per heavy atom. The first kappa shape index (κ1) is 22.9. The number of alkyl halides is 3. The second kappa shape index (κ2) is 9.15. The van der Waals surface area contributed by atoms with E-state index in [1.54, 1.807) is 31.3 Å². The van der Waals surface area contributed by atoms with Crippen LogP contribution in [0.15, 0.2) is 48.5 Å². The molecule has 0 aromatic heterocycles. The number of likely N-dealkylation sites (N-methyl/N-ethyl adjacent to an activating group) is 1. The van der Waals surface area contributed by atoms with Gasteiger partial charge in [-0.1, -0.05) is 23.7 Å². The van der Waals surface area contributed by atoms with E-state index in [0.717, 1.165) is 29.8 Å². The fourth-order valence-electron chi connectivity index (χ4n) is 3.41. The number of likely N-dealkylation sites (tertiary alicyclic amines) is 1. The number of anilines is 1. The number of carbonyl (C=O) groups excluding carboxylic acids is 2. The lowest BCUT2D eigenvalue weighted by molar-refractivity contribution is -0.137. The molecule has 0 saturated carbocycles. The van der Waals surface area contributed by atoms with Crippen LogP contribution >= 0.6 is 11.6 Å². The Kier molecular flexibility index (Phi) is 6.76. The average molecular weight is 456 g/mol. The molecule has 3 amide bonds. The summed E-state index contributed by atoms with van der Waals surface area (Å²) in [6.07, 6.45) is -5.28. The molecule has 2 aromatic carbocycles. The van der Waals surface area contributed by atoms with Crippen molar-refractivity contribution in [3.8, 4) is 0 Å². The molecule has 166 valence electrons. The Balaban J connectivity index is 1.67. The number of hydrogen-bond acceptors (Lipinski definition) is 3. The molecular formula is C21H21ClF3N3O3. The summed E-state index contributed by atoms with van der Waals surface area (Å²) >= 11 is 5.87. The molecule has 1 heterocycles. The van der Waals surface area contributed by atoms with Gasteiger partial charge in [-0.15, -0.1) is 0 Å². The van der Waals surface area contributed by atoms with Gasteiger partial charge in [-0.3, -0.25) is 4.79 Å². The Hall–Kier alpha value is -2.78. The van der Waals surface area contributed by atoms with Crippen LogP contribution in [0.5, 0.6) is 0 Å². The fourth-order valence-corrected chi connectivity index (χ4v) is 3.53. The highest BCUT2D eigenvalue weighted by atomic mass is 35.5. The number of nitrogens with one attached hydrogen (secondary N) is 1. The predicted molar refractivity (Wildman–Crippen MR) is 110 cm³/mol. The summed E-state index contributed by atoms with van der Waals surface area (Å²) in [5.41, 5.74) is 0.165. The quantitative estimate of drug-likeness (QED) is 0.732. The van der Waals surface area contributed by atoms with Crippen LogP contribution in [-0.4, -0.2) is 52.6 Å². The van der Waals surface area contributed by atoms with Gasteiger partial charge in [-0.2, -0.15) is 13.2 Å². The van der Waals surface area contributed by atoms with Crippen molar-refractivity contribution in [2.45, 2.75) is 31.3 Å². The first-order chi connectivity index (χ1) is 14.5. The lowest BCUT2D eigenvalue weighted by Crippen LogP contribution is -2.47. The molecule has 0 unspecified atom stereocenters. The lowest BCUT2D eigenvalue weighted by atomic mass is 10.1. The second-order valence-corrected chi connectivity index (χ2v) is 7.82. The molecule has 10 heteroatoms. The number of carbonyl (C=O) groups is 2. The summed E-state index contributed by atoms with van der Waals surface area (Å²) < 4.78 is 38.1. The maximum atomic E-state index is 12.9. The highest BCUT2D eigenvalue weighted by Gasteiger charge is 2.40. The van der Waals surface area contributed by atoms with Crippen LogP contribution < -0.4 is 5.32 Å². The van der Waals surface area contributed by atoms with Gasteiger partial charge in [-0.25, -0.2) is 4.79 Å². The normalized spacial score (nSPS) is 18.7. The van der Waals surface area contributed by atoms with Crippen LogP contribution in [-0.2, 0) is 17.5 Å². The molecular weight excluding hydrogens is 435 g/mol. The zero-order valence-corrected chi connectivity index (χ0v) is 17.3. The van der Waals surface area contributed by atoms with Crippen molar-refractivity contribution in [2.24, 2.45) is 0 Å². The highest BCUT2D eigenvalue weighted by Crippen LogP contribution is 2.30. The maximum Gasteiger partial charge on any atom is 0.416 e. The van der Waals surface area contributed by atoms with E-state index in [1.165, 1.54) is 9.80 Å². The summed E-state index contributed by atoms with van der Waals surface area (Å²) in [5.74, 6) is -0.353. The van der Waals surface area contributed by atoms with E-state index >= 15 is 0 Å². The third-order valence-corrected chi connectivity index (χ3v) is 5.25. The number of β-amino-alcohol motifs (C(OH)–C–C–N with tert-alkyl or cyclic N) is 1. The fraction of sp³-hybridized carbons (Fsp3) is 0.333. The smallest absolute Gasteiger partial charge is 0.391 e. The molecule has 31 heavy (non-hydrogen) atoms. The topological polar surface area (TPSA) is 72.9 Å². The Morgan fingerprint density at radius 2 is 1.77 bits per heavy atom. The van der Waals surface area contributed by atoms with Gasteiger partial charge in [0.15, 0.2) is 0 Å². The van der Waals surface area contributed by atoms with E-state index in [0.29, 0.717) is 5.02 Å². The van der Waals surface area contributed by atoms with E-state index in [1.807, 2.05) is 0 Å². The molecule has 6 nitrogen and oxygen atoms in total. The van der Waals surface area contributed by atoms with Gasteiger partial charge < -0.3 is 20.2 Å². The highest BCUT2D eigenvalue weighted by molar-refractivity contribution is 6.30. The first-order valence-electron chi connectivity index (χ1n) is 9.47. The number of benzene rings is 2. The van der Waals surface area contributed by atoms with Gasteiger partial charge in [-0.05, 0) is 42.0 Å². The van der Waals surface area contributed by atoms with Crippen molar-refractivity contribution >= 4 is 29.2 Å². The molecule has 0 radical (unpaired) electrons. The minimum Gasteiger partial charge on any atom is -0.391 e. The predicted octanol–water partition coefficient (Wildman–Crippen LogP) is 3.98. The third-order valence-electron chi connectivity index (χ3n) is 5.00. The monoisotopic (exact) mass is 455 g/mol. The molecule has 0 bridgehead atoms. The van der Waals surface area contributed by atoms with E-state index < -0.39 is 29.9 Å². The Bertz CT molecular complexity index is 936. The standard InChI is InChI=1S/C21H21ClF3N3O3/c1-27(11-13-2-6-15(22)7-3-13)19(30)18-10-17(29)12-28(18)20(31)26-16-8-4-14(5-9-16)21(23,24)25/h2-9,17-18,29H,10-12H2,1H3,(H,26,31)/t17-,18+/m0/s1. The minimum atomic E-state index is -4.48. The Labute approximate surface area is 182 Å². The molecule has 1 saturated heterocycles. The van der Waals surface area contributed by atoms with Crippen molar-refractivity contribution in [3.63, 3.8) is 0 Å². The van der Waals surface area contributed by atoms with E-state index in [4.69, 9.17) is 11.6 Å². The molecule has 2 atom stereocenters. The van der Waals surface area contributed by atoms with E-state index in [-0.39, 0.29) is 31.1 Å². The third kappa shape index (κ3) is 5.68. The maximum absolute atomic E-state index is 12.9. The average Bonchev–Trinajstić information content (AvgIpc) is 3.10. The van der Waals surface area contributed by atoms with Crippen LogP contribution in [0.2, 0.25) is 5.02 Å². The van der Waals surface area contributed by atoms with Gasteiger partial charge in [0, 0.05) is 37.3 Å². The number of aliphatic hydroxyl groups excluding tert-OH is 1. The zero-order valence-electron chi connectivity index (χ0n) is 16.6. The van der Waals surface area contributed by atoms with Crippen molar-refractivity contribution < 1.29 is 27.9 Å². The number of aliphatic hydroxyl groups is 1. The largest absolute Gasteiger partial charge is 0.416 e. The van der Waals surface area contributed by atoms with Crippen molar-refractivity contribution in [1.29, 1.82) is 0 Å². The van der Waals surface area contributed by atoms with Crippen LogP contribution in [0, 0.1) is 0 Å². The molecule has 1 aliphatic rings. The number of urea groups is 1. The van der Waals surface area contributed by atoms with Crippen molar-refractivity contribution in [1.82, 2.24) is 9.80 Å². The molecule has 0 spiro atoms. The summed E-state index contributed by atoms with van der Waals surface area (Å²) in [6, 6.07) is 9.41. The molecule has 1 aliphatic heterocycles. The number of amides is 3. The first-order valence-corrected chi connectivity index (χ1v) is 9.85. The number of halogens is 4. The van der Waals surface area contributed by atoms with Crippen molar-refractivity contribution in [2.75, 3.05) is 18.9 Å². The summed E-state index contributed by atoms with van der Waals surface area (Å²) in [7, 11) is 1.59. The van der Waals surface area contributed by atoms with Gasteiger partial charge in [0.1, 0.15) is 6.04 Å². The molecule has 1 fully saturated rings. The SMILES string of the molecule is CN(Cc1ccc(Cl)cc1)C(=O)[C@H]1C[C@H](O)CN1C(=O)Nc1ccc(C(F)(F)F)cc1. The minimum absolute atomic E-state index is 0.0579. The van der Waals surface area contributed by atoms with Gasteiger partial charge in [0.2, 0.25) is 5.91 Å². The van der Waals surface area contributed by atoms with Crippen LogP contribution in [0.3, 0.4) is 0 Å². The number of nitrogens with zero attached hydrogens (tertiary/aromatic N) is 2. The molecule has 2 N–H and O–H groups in total. The molecule has 3 rings (SSSR count). The van der Waals surface area contributed by atoms with Crippen LogP contribution in [0.4, 0.5) is 23.7 Å². The second-order valence-electron chi connectivity index (χ2n) is 7.38. The van der Waals surface area contributed by atoms with E-state index in [9.17, 15) is 27.9 Å². The van der Waals surface area contributed by atoms with Crippen molar-refractivity contribution in [3.05, 3.63) is 64.7 Å². The van der Waals surface area contributed by atoms with Gasteiger partial charge in [0.05, 0.1) is 11.7 Å². The molecule has 2 aromatic rings. The zero-order chi connectivity index (χ0) is 22.8. The number of hydrogen-bond donors (Lipinski definition) is 2. The summed E-state index contributed by atoms with van der Waals surface area (Å²) in [6.45, 7) is 0.231.